The third-order valence-electron chi connectivity index (χ3n) is 6.08. The van der Waals surface area contributed by atoms with E-state index in [0.29, 0.717) is 6.54 Å². The predicted molar refractivity (Wildman–Crippen MR) is 127 cm³/mol. The van der Waals surface area contributed by atoms with Crippen LogP contribution in [0.2, 0.25) is 0 Å². The molecule has 0 spiro atoms. The minimum Gasteiger partial charge on any atom is -0.354 e. The number of pyridine rings is 2. The van der Waals surface area contributed by atoms with Gasteiger partial charge in [-0.3, -0.25) is 14.7 Å². The molecule has 4 heterocycles. The van der Waals surface area contributed by atoms with Crippen molar-refractivity contribution in [2.24, 2.45) is 0 Å². The second kappa shape index (κ2) is 8.88. The van der Waals surface area contributed by atoms with Gasteiger partial charge in [0, 0.05) is 62.1 Å². The van der Waals surface area contributed by atoms with Crippen molar-refractivity contribution in [1.82, 2.24) is 24.6 Å². The smallest absolute Gasteiger partial charge is 0.266 e. The first-order valence-corrected chi connectivity index (χ1v) is 11.0. The van der Waals surface area contributed by atoms with E-state index in [1.54, 1.807) is 29.2 Å². The summed E-state index contributed by atoms with van der Waals surface area (Å²) in [4.78, 5) is 26.0. The number of aryl methyl sites for hydroxylation is 1. The number of piperazine rings is 1. The fourth-order valence-corrected chi connectivity index (χ4v) is 4.22. The van der Waals surface area contributed by atoms with Crippen LogP contribution < -0.4 is 10.5 Å². The quantitative estimate of drug-likeness (QED) is 0.489. The molecule has 1 aliphatic heterocycles. The first kappa shape index (κ1) is 20.3. The number of fused-ring (bicyclic) bond motifs is 1. The minimum absolute atomic E-state index is 0.0720. The average molecular weight is 427 g/mol. The Kier molecular flexibility index (Phi) is 5.64. The van der Waals surface area contributed by atoms with Crippen LogP contribution in [0, 0.1) is 6.92 Å². The monoisotopic (exact) mass is 426 g/mol. The van der Waals surface area contributed by atoms with Crippen molar-refractivity contribution in [2.75, 3.05) is 37.6 Å². The summed E-state index contributed by atoms with van der Waals surface area (Å²) in [6.07, 6.45) is 3.47. The zero-order chi connectivity index (χ0) is 21.9. The van der Waals surface area contributed by atoms with Gasteiger partial charge in [0.05, 0.1) is 17.8 Å². The van der Waals surface area contributed by atoms with E-state index in [9.17, 15) is 4.79 Å². The number of benzene rings is 1. The lowest BCUT2D eigenvalue weighted by Gasteiger charge is -2.35. The maximum absolute atomic E-state index is 12.3. The Balaban J connectivity index is 1.22. The van der Waals surface area contributed by atoms with Crippen molar-refractivity contribution in [1.29, 1.82) is 0 Å². The minimum atomic E-state index is -0.0720. The zero-order valence-corrected chi connectivity index (χ0v) is 18.2. The van der Waals surface area contributed by atoms with Gasteiger partial charge in [-0.15, -0.1) is 0 Å². The Morgan fingerprint density at radius 3 is 2.50 bits per heavy atom. The molecule has 5 rings (SSSR count). The van der Waals surface area contributed by atoms with E-state index >= 15 is 0 Å². The Hall–Kier alpha value is -3.58. The Labute approximate surface area is 187 Å². The lowest BCUT2D eigenvalue weighted by atomic mass is 10.1. The Bertz CT molecular complexity index is 1280. The summed E-state index contributed by atoms with van der Waals surface area (Å²) in [5.41, 5.74) is 3.98. The van der Waals surface area contributed by atoms with E-state index in [0.717, 1.165) is 55.3 Å². The summed E-state index contributed by atoms with van der Waals surface area (Å²) in [5.74, 6) is 1.05. The zero-order valence-electron chi connectivity index (χ0n) is 18.2. The average Bonchev–Trinajstić information content (AvgIpc) is 2.84. The topological polar surface area (TPSA) is 67.2 Å². The molecule has 162 valence electrons. The molecule has 0 saturated carbocycles. The molecule has 7 heteroatoms. The van der Waals surface area contributed by atoms with Crippen LogP contribution in [0.3, 0.4) is 0 Å². The molecule has 0 amide bonds. The van der Waals surface area contributed by atoms with Crippen LogP contribution in [0.1, 0.15) is 5.56 Å². The maximum atomic E-state index is 12.3. The highest BCUT2D eigenvalue weighted by Gasteiger charge is 2.19. The van der Waals surface area contributed by atoms with Gasteiger partial charge in [-0.05, 0) is 42.8 Å². The molecule has 0 aliphatic carbocycles. The van der Waals surface area contributed by atoms with Crippen LogP contribution >= 0.6 is 0 Å². The van der Waals surface area contributed by atoms with Gasteiger partial charge in [0.1, 0.15) is 5.82 Å². The summed E-state index contributed by atoms with van der Waals surface area (Å²) in [5, 5.41) is 5.77. The van der Waals surface area contributed by atoms with Crippen molar-refractivity contribution in [3.63, 3.8) is 0 Å². The second-order valence-corrected chi connectivity index (χ2v) is 8.16. The highest BCUT2D eigenvalue weighted by Crippen LogP contribution is 2.23. The van der Waals surface area contributed by atoms with Crippen LogP contribution in [-0.2, 0) is 6.54 Å². The van der Waals surface area contributed by atoms with Crippen molar-refractivity contribution in [3.8, 4) is 11.3 Å². The maximum Gasteiger partial charge on any atom is 0.266 e. The number of rotatable bonds is 5. The van der Waals surface area contributed by atoms with Gasteiger partial charge >= 0.3 is 0 Å². The summed E-state index contributed by atoms with van der Waals surface area (Å²) >= 11 is 0. The van der Waals surface area contributed by atoms with Crippen molar-refractivity contribution < 1.29 is 0 Å². The van der Waals surface area contributed by atoms with E-state index in [1.165, 1.54) is 10.9 Å². The summed E-state index contributed by atoms with van der Waals surface area (Å²) in [6, 6.07) is 17.6. The third-order valence-corrected chi connectivity index (χ3v) is 6.08. The van der Waals surface area contributed by atoms with E-state index < -0.39 is 0 Å². The number of anilines is 1. The number of aromatic nitrogens is 4. The number of hydrogen-bond acceptors (Lipinski definition) is 6. The molecule has 0 unspecified atom stereocenters. The van der Waals surface area contributed by atoms with Crippen LogP contribution in [0.15, 0.2) is 71.8 Å². The fraction of sp³-hybridized carbons (Fsp3) is 0.280. The molecule has 7 nitrogen and oxygen atoms in total. The largest absolute Gasteiger partial charge is 0.354 e. The highest BCUT2D eigenvalue weighted by atomic mass is 16.1. The molecule has 0 atom stereocenters. The lowest BCUT2D eigenvalue weighted by molar-refractivity contribution is 0.242. The molecule has 1 fully saturated rings. The molecule has 4 aromatic rings. The van der Waals surface area contributed by atoms with Crippen LogP contribution in [0.4, 0.5) is 5.82 Å². The molecule has 0 N–H and O–H groups in total. The van der Waals surface area contributed by atoms with E-state index in [2.05, 4.69) is 51.1 Å². The molecule has 1 aromatic carbocycles. The standard InChI is InChI=1S/C25H26N6O/c1-19-18-24(27-23-5-3-2-4-21(19)23)30-15-12-29(13-16-30)14-17-31-25(32)7-6-22(28-31)20-8-10-26-11-9-20/h2-11,18H,12-17H2,1H3. The predicted octanol–water partition coefficient (Wildman–Crippen LogP) is 2.98. The van der Waals surface area contributed by atoms with Gasteiger partial charge in [-0.1, -0.05) is 18.2 Å². The Morgan fingerprint density at radius 1 is 0.906 bits per heavy atom. The fourth-order valence-electron chi connectivity index (χ4n) is 4.22. The normalized spacial score (nSPS) is 14.7. The molecule has 0 bridgehead atoms. The van der Waals surface area contributed by atoms with Gasteiger partial charge in [-0.25, -0.2) is 9.67 Å². The lowest BCUT2D eigenvalue weighted by Crippen LogP contribution is -2.48. The van der Waals surface area contributed by atoms with Crippen molar-refractivity contribution >= 4 is 16.7 Å². The number of para-hydroxylation sites is 1. The molecule has 32 heavy (non-hydrogen) atoms. The molecule has 0 radical (unpaired) electrons. The molecular weight excluding hydrogens is 400 g/mol. The van der Waals surface area contributed by atoms with Gasteiger partial charge in [0.15, 0.2) is 0 Å². The SMILES string of the molecule is Cc1cc(N2CCN(CCn3nc(-c4ccncc4)ccc3=O)CC2)nc2ccccc12. The third kappa shape index (κ3) is 4.24. The van der Waals surface area contributed by atoms with E-state index in [-0.39, 0.29) is 5.56 Å². The van der Waals surface area contributed by atoms with Crippen LogP contribution in [0.5, 0.6) is 0 Å². The molecule has 1 saturated heterocycles. The molecular formula is C25H26N6O. The highest BCUT2D eigenvalue weighted by molar-refractivity contribution is 5.83. The van der Waals surface area contributed by atoms with Gasteiger partial charge in [0.25, 0.3) is 5.56 Å². The first-order chi connectivity index (χ1) is 15.7. The van der Waals surface area contributed by atoms with E-state index in [4.69, 9.17) is 4.98 Å². The molecule has 3 aromatic heterocycles. The number of hydrogen-bond donors (Lipinski definition) is 0. The van der Waals surface area contributed by atoms with Gasteiger partial charge < -0.3 is 4.90 Å². The molecule has 1 aliphatic rings. The Morgan fingerprint density at radius 2 is 1.69 bits per heavy atom. The van der Waals surface area contributed by atoms with Crippen molar-refractivity contribution in [3.05, 3.63) is 82.9 Å². The second-order valence-electron chi connectivity index (χ2n) is 8.16. The van der Waals surface area contributed by atoms with Crippen LogP contribution in [-0.4, -0.2) is 57.4 Å². The van der Waals surface area contributed by atoms with Crippen molar-refractivity contribution in [2.45, 2.75) is 13.5 Å². The summed E-state index contributed by atoms with van der Waals surface area (Å²) in [6.45, 7) is 7.23. The first-order valence-electron chi connectivity index (χ1n) is 11.0. The number of nitrogens with zero attached hydrogens (tertiary/aromatic N) is 6. The van der Waals surface area contributed by atoms with E-state index in [1.807, 2.05) is 18.2 Å². The van der Waals surface area contributed by atoms with Gasteiger partial charge in [0.2, 0.25) is 0 Å². The summed E-state index contributed by atoms with van der Waals surface area (Å²) < 4.78 is 1.57. The van der Waals surface area contributed by atoms with Gasteiger partial charge in [-0.2, -0.15) is 5.10 Å². The summed E-state index contributed by atoms with van der Waals surface area (Å²) in [7, 11) is 0. The van der Waals surface area contributed by atoms with Crippen LogP contribution in [0.25, 0.3) is 22.2 Å².